The van der Waals surface area contributed by atoms with Gasteiger partial charge in [0.2, 0.25) is 0 Å². The van der Waals surface area contributed by atoms with Gasteiger partial charge in [-0.25, -0.2) is 8.78 Å². The van der Waals surface area contributed by atoms with Crippen molar-refractivity contribution in [1.29, 1.82) is 0 Å². The summed E-state index contributed by atoms with van der Waals surface area (Å²) >= 11 is 0. The van der Waals surface area contributed by atoms with E-state index in [1.807, 2.05) is 6.92 Å². The van der Waals surface area contributed by atoms with Gasteiger partial charge in [0.1, 0.15) is 12.5 Å². The Hall–Kier alpha value is -0.920. The number of rotatable bonds is 4. The van der Waals surface area contributed by atoms with Crippen LogP contribution in [0.1, 0.15) is 13.3 Å². The number of halogens is 2. The molecule has 0 aromatic heterocycles. The van der Waals surface area contributed by atoms with E-state index in [0.29, 0.717) is 6.42 Å². The zero-order valence-corrected chi connectivity index (χ0v) is 6.61. The smallest absolute Gasteiger partial charge is 0.116 e. The van der Waals surface area contributed by atoms with Crippen molar-refractivity contribution < 1.29 is 8.78 Å². The van der Waals surface area contributed by atoms with Gasteiger partial charge in [0.05, 0.1) is 0 Å². The lowest BCUT2D eigenvalue weighted by atomic mass is 10.2. The molecule has 0 fully saturated rings. The highest BCUT2D eigenvalue weighted by atomic mass is 19.1. The molecule has 0 atom stereocenters. The Morgan fingerprint density at radius 3 is 2.55 bits per heavy atom. The molecule has 0 amide bonds. The van der Waals surface area contributed by atoms with Crippen LogP contribution < -0.4 is 0 Å². The van der Waals surface area contributed by atoms with Crippen LogP contribution >= 0.6 is 0 Å². The summed E-state index contributed by atoms with van der Waals surface area (Å²) in [7, 11) is 0. The number of alkyl halides is 1. The van der Waals surface area contributed by atoms with Crippen LogP contribution in [0.4, 0.5) is 8.78 Å². The summed E-state index contributed by atoms with van der Waals surface area (Å²) in [5.41, 5.74) is 0.746. The lowest BCUT2D eigenvalue weighted by molar-refractivity contribution is 0.561. The molecule has 0 bridgehead atoms. The lowest BCUT2D eigenvalue weighted by Crippen LogP contribution is -1.75. The highest BCUT2D eigenvalue weighted by molar-refractivity contribution is 5.25. The third-order valence-electron chi connectivity index (χ3n) is 1.17. The summed E-state index contributed by atoms with van der Waals surface area (Å²) in [5, 5.41) is 0. The van der Waals surface area contributed by atoms with E-state index in [2.05, 4.69) is 6.58 Å². The van der Waals surface area contributed by atoms with Crippen LogP contribution in [0.5, 0.6) is 0 Å². The average Bonchev–Trinajstić information content (AvgIpc) is 1.97. The van der Waals surface area contributed by atoms with Crippen molar-refractivity contribution in [1.82, 2.24) is 0 Å². The molecule has 0 spiro atoms. The minimum atomic E-state index is -0.518. The molecule has 0 heterocycles. The second-order valence-corrected chi connectivity index (χ2v) is 2.08. The Morgan fingerprint density at radius 2 is 2.18 bits per heavy atom. The molecule has 0 N–H and O–H groups in total. The lowest BCUT2D eigenvalue weighted by Gasteiger charge is -1.93. The molecule has 0 rings (SSSR count). The molecule has 2 heteroatoms. The van der Waals surface area contributed by atoms with Gasteiger partial charge in [-0.1, -0.05) is 25.7 Å². The van der Waals surface area contributed by atoms with E-state index in [0.717, 1.165) is 5.57 Å². The largest absolute Gasteiger partial charge is 0.247 e. The Kier molecular flexibility index (Phi) is 5.35. The van der Waals surface area contributed by atoms with Crippen molar-refractivity contribution >= 4 is 0 Å². The minimum Gasteiger partial charge on any atom is -0.247 e. The maximum absolute atomic E-state index is 12.2. The molecular weight excluding hydrogens is 146 g/mol. The van der Waals surface area contributed by atoms with E-state index in [1.54, 1.807) is 6.08 Å². The van der Waals surface area contributed by atoms with E-state index >= 15 is 0 Å². The van der Waals surface area contributed by atoms with Gasteiger partial charge < -0.3 is 0 Å². The predicted octanol–water partition coefficient (Wildman–Crippen LogP) is 3.33. The van der Waals surface area contributed by atoms with Gasteiger partial charge in [0, 0.05) is 0 Å². The van der Waals surface area contributed by atoms with Crippen molar-refractivity contribution in [3.8, 4) is 0 Å². The number of hydrogen-bond donors (Lipinski definition) is 0. The van der Waals surface area contributed by atoms with Gasteiger partial charge >= 0.3 is 0 Å². The first-order chi connectivity index (χ1) is 5.20. The maximum Gasteiger partial charge on any atom is 0.116 e. The first-order valence-corrected chi connectivity index (χ1v) is 3.48. The molecule has 0 unspecified atom stereocenters. The molecule has 0 aliphatic heterocycles. The third kappa shape index (κ3) is 5.52. The van der Waals surface area contributed by atoms with E-state index < -0.39 is 12.5 Å². The fourth-order valence-electron chi connectivity index (χ4n) is 0.665. The van der Waals surface area contributed by atoms with Crippen LogP contribution in [-0.2, 0) is 0 Å². The van der Waals surface area contributed by atoms with Gasteiger partial charge in [-0.3, -0.25) is 0 Å². The molecule has 0 saturated heterocycles. The third-order valence-corrected chi connectivity index (χ3v) is 1.17. The summed E-state index contributed by atoms with van der Waals surface area (Å²) in [6, 6.07) is 0. The summed E-state index contributed by atoms with van der Waals surface area (Å²) in [6.45, 7) is 4.43. The molecule has 11 heavy (non-hydrogen) atoms. The van der Waals surface area contributed by atoms with E-state index in [1.165, 1.54) is 12.2 Å². The molecule has 0 aliphatic carbocycles. The molecule has 0 saturated carbocycles. The van der Waals surface area contributed by atoms with Crippen LogP contribution in [0.3, 0.4) is 0 Å². The topological polar surface area (TPSA) is 0 Å². The Morgan fingerprint density at radius 1 is 1.55 bits per heavy atom. The van der Waals surface area contributed by atoms with Crippen LogP contribution in [0.15, 0.2) is 36.2 Å². The van der Waals surface area contributed by atoms with Crippen molar-refractivity contribution in [3.05, 3.63) is 36.2 Å². The van der Waals surface area contributed by atoms with E-state index in [4.69, 9.17) is 0 Å². The molecule has 0 radical (unpaired) electrons. The van der Waals surface area contributed by atoms with Crippen LogP contribution in [0.2, 0.25) is 0 Å². The summed E-state index contributed by atoms with van der Waals surface area (Å²) in [4.78, 5) is 0. The monoisotopic (exact) mass is 158 g/mol. The molecule has 0 nitrogen and oxygen atoms in total. The first-order valence-electron chi connectivity index (χ1n) is 3.48. The Bertz CT molecular complexity index is 178. The standard InChI is InChI=1S/C9H12F2/c1-3-9(5-4-6-10)7-8(2)11/h4-5,7H,2-3,6H2,1H3/b5-4-,9-7-. The van der Waals surface area contributed by atoms with Crippen LogP contribution in [-0.4, -0.2) is 6.67 Å². The molecule has 0 aliphatic rings. The number of hydrogen-bond acceptors (Lipinski definition) is 0. The van der Waals surface area contributed by atoms with Crippen LogP contribution in [0.25, 0.3) is 0 Å². The average molecular weight is 158 g/mol. The Labute approximate surface area is 65.9 Å². The fourth-order valence-corrected chi connectivity index (χ4v) is 0.665. The highest BCUT2D eigenvalue weighted by Gasteiger charge is 1.88. The van der Waals surface area contributed by atoms with Crippen molar-refractivity contribution in [2.75, 3.05) is 6.67 Å². The first kappa shape index (κ1) is 10.1. The zero-order valence-electron chi connectivity index (χ0n) is 6.61. The van der Waals surface area contributed by atoms with E-state index in [9.17, 15) is 8.78 Å². The minimum absolute atomic E-state index is 0.495. The summed E-state index contributed by atoms with van der Waals surface area (Å²) in [6.07, 6.45) is 4.88. The normalized spacial score (nSPS) is 12.5. The van der Waals surface area contributed by atoms with Gasteiger partial charge in [0.15, 0.2) is 0 Å². The molecule has 62 valence electrons. The fraction of sp³-hybridized carbons (Fsp3) is 0.333. The van der Waals surface area contributed by atoms with E-state index in [-0.39, 0.29) is 0 Å². The van der Waals surface area contributed by atoms with Gasteiger partial charge in [-0.2, -0.15) is 0 Å². The quantitative estimate of drug-likeness (QED) is 0.550. The SMILES string of the molecule is C=C(F)/C=C(\C=C/CF)CC. The van der Waals surface area contributed by atoms with Crippen molar-refractivity contribution in [2.45, 2.75) is 13.3 Å². The van der Waals surface area contributed by atoms with Crippen LogP contribution in [0, 0.1) is 0 Å². The number of allylic oxidation sites excluding steroid dienone is 5. The zero-order chi connectivity index (χ0) is 8.69. The summed E-state index contributed by atoms with van der Waals surface area (Å²) in [5.74, 6) is -0.495. The molecule has 0 aromatic rings. The van der Waals surface area contributed by atoms with Gasteiger partial charge in [-0.05, 0) is 18.1 Å². The maximum atomic E-state index is 12.2. The molecular formula is C9H12F2. The van der Waals surface area contributed by atoms with Crippen molar-refractivity contribution in [3.63, 3.8) is 0 Å². The van der Waals surface area contributed by atoms with Gasteiger partial charge in [0.25, 0.3) is 0 Å². The second-order valence-electron chi connectivity index (χ2n) is 2.08. The van der Waals surface area contributed by atoms with Gasteiger partial charge in [-0.15, -0.1) is 0 Å². The Balaban J connectivity index is 4.16. The predicted molar refractivity (Wildman–Crippen MR) is 43.7 cm³/mol. The highest BCUT2D eigenvalue weighted by Crippen LogP contribution is 2.07. The second kappa shape index (κ2) is 5.83. The molecule has 0 aromatic carbocycles. The summed E-state index contributed by atoms with van der Waals surface area (Å²) < 4.78 is 23.8. The van der Waals surface area contributed by atoms with Crippen molar-refractivity contribution in [2.24, 2.45) is 0 Å².